The zero-order chi connectivity index (χ0) is 12.3. The monoisotopic (exact) mass is 255 g/mol. The van der Waals surface area contributed by atoms with E-state index in [1.54, 1.807) is 13.0 Å². The molecule has 0 spiro atoms. The number of ether oxygens (including phenoxy) is 1. The topological polar surface area (TPSA) is 91.2 Å². The summed E-state index contributed by atoms with van der Waals surface area (Å²) in [6.45, 7) is 1.76. The first-order chi connectivity index (χ1) is 8.19. The van der Waals surface area contributed by atoms with Crippen LogP contribution in [0.25, 0.3) is 11.6 Å². The summed E-state index contributed by atoms with van der Waals surface area (Å²) in [5, 5.41) is 11.6. The predicted molar refractivity (Wildman–Crippen MR) is 57.3 cm³/mol. The van der Waals surface area contributed by atoms with Crippen molar-refractivity contribution in [3.8, 4) is 11.6 Å². The molecule has 0 atom stereocenters. The smallest absolute Gasteiger partial charge is 0.316 e. The van der Waals surface area contributed by atoms with Crippen LogP contribution in [0.4, 0.5) is 0 Å². The van der Waals surface area contributed by atoms with Crippen molar-refractivity contribution < 1.29 is 18.5 Å². The highest BCUT2D eigenvalue weighted by atomic mass is 32.2. The Morgan fingerprint density at radius 1 is 1.53 bits per heavy atom. The summed E-state index contributed by atoms with van der Waals surface area (Å²) in [5.41, 5.74) is 0.472. The van der Waals surface area contributed by atoms with Gasteiger partial charge in [0, 0.05) is 6.07 Å². The zero-order valence-corrected chi connectivity index (χ0v) is 9.98. The first-order valence-electron chi connectivity index (χ1n) is 4.66. The Bertz CT molecular complexity index is 522. The van der Waals surface area contributed by atoms with E-state index in [1.807, 2.05) is 0 Å². The molecule has 0 unspecified atom stereocenters. The van der Waals surface area contributed by atoms with Crippen LogP contribution >= 0.6 is 11.8 Å². The SMILES string of the molecule is COC(=O)CSc1nnc(-c2cc(C)on2)o1. The zero-order valence-electron chi connectivity index (χ0n) is 9.17. The normalized spacial score (nSPS) is 10.5. The van der Waals surface area contributed by atoms with Crippen molar-refractivity contribution in [2.24, 2.45) is 0 Å². The van der Waals surface area contributed by atoms with Crippen LogP contribution in [0, 0.1) is 6.92 Å². The van der Waals surface area contributed by atoms with Gasteiger partial charge in [0.1, 0.15) is 11.5 Å². The third-order valence-electron chi connectivity index (χ3n) is 1.79. The Morgan fingerprint density at radius 2 is 2.35 bits per heavy atom. The second-order valence-electron chi connectivity index (χ2n) is 3.06. The highest BCUT2D eigenvalue weighted by Crippen LogP contribution is 2.22. The molecule has 0 amide bonds. The van der Waals surface area contributed by atoms with Gasteiger partial charge in [-0.15, -0.1) is 10.2 Å². The fraction of sp³-hybridized carbons (Fsp3) is 0.333. The molecular formula is C9H9N3O4S. The van der Waals surface area contributed by atoms with Crippen molar-refractivity contribution in [1.29, 1.82) is 0 Å². The third kappa shape index (κ3) is 2.84. The Labute approximate surface area is 101 Å². The van der Waals surface area contributed by atoms with Crippen molar-refractivity contribution in [1.82, 2.24) is 15.4 Å². The van der Waals surface area contributed by atoms with Crippen molar-refractivity contribution in [3.05, 3.63) is 11.8 Å². The number of aromatic nitrogens is 3. The van der Waals surface area contributed by atoms with E-state index in [0.29, 0.717) is 11.5 Å². The average molecular weight is 255 g/mol. The quantitative estimate of drug-likeness (QED) is 0.596. The first kappa shape index (κ1) is 11.6. The van der Waals surface area contributed by atoms with Gasteiger partial charge in [-0.25, -0.2) is 0 Å². The van der Waals surface area contributed by atoms with Gasteiger partial charge < -0.3 is 13.7 Å². The van der Waals surface area contributed by atoms with E-state index in [9.17, 15) is 4.79 Å². The number of esters is 1. The maximum absolute atomic E-state index is 10.9. The van der Waals surface area contributed by atoms with Crippen LogP contribution in [0.3, 0.4) is 0 Å². The molecule has 0 aliphatic heterocycles. The molecule has 2 heterocycles. The highest BCUT2D eigenvalue weighted by molar-refractivity contribution is 7.99. The van der Waals surface area contributed by atoms with E-state index in [4.69, 9.17) is 8.94 Å². The molecule has 0 saturated heterocycles. The molecule has 2 aromatic heterocycles. The molecule has 2 rings (SSSR count). The molecule has 0 aliphatic rings. The number of hydrogen-bond donors (Lipinski definition) is 0. The number of rotatable bonds is 4. The lowest BCUT2D eigenvalue weighted by atomic mass is 10.4. The molecule has 0 fully saturated rings. The van der Waals surface area contributed by atoms with E-state index in [2.05, 4.69) is 20.1 Å². The summed E-state index contributed by atoms with van der Waals surface area (Å²) in [7, 11) is 1.32. The van der Waals surface area contributed by atoms with Crippen LogP contribution in [0.5, 0.6) is 0 Å². The van der Waals surface area contributed by atoms with Crippen molar-refractivity contribution in [2.45, 2.75) is 12.1 Å². The number of nitrogens with zero attached hydrogens (tertiary/aromatic N) is 3. The molecule has 17 heavy (non-hydrogen) atoms. The van der Waals surface area contributed by atoms with Gasteiger partial charge in [0.05, 0.1) is 7.11 Å². The van der Waals surface area contributed by atoms with Crippen LogP contribution in [-0.2, 0) is 9.53 Å². The number of carbonyl (C=O) groups is 1. The van der Waals surface area contributed by atoms with Crippen LogP contribution in [-0.4, -0.2) is 34.2 Å². The van der Waals surface area contributed by atoms with Crippen LogP contribution < -0.4 is 0 Å². The fourth-order valence-electron chi connectivity index (χ4n) is 1.02. The highest BCUT2D eigenvalue weighted by Gasteiger charge is 2.13. The van der Waals surface area contributed by atoms with Gasteiger partial charge in [-0.3, -0.25) is 4.79 Å². The summed E-state index contributed by atoms with van der Waals surface area (Å²) in [5.74, 6) is 0.680. The van der Waals surface area contributed by atoms with Gasteiger partial charge in [-0.05, 0) is 6.92 Å². The number of thioether (sulfide) groups is 1. The summed E-state index contributed by atoms with van der Waals surface area (Å²) < 4.78 is 14.7. The lowest BCUT2D eigenvalue weighted by molar-refractivity contribution is -0.137. The van der Waals surface area contributed by atoms with Gasteiger partial charge in [-0.2, -0.15) is 0 Å². The molecule has 8 heteroatoms. The maximum Gasteiger partial charge on any atom is 0.316 e. The van der Waals surface area contributed by atoms with E-state index in [0.717, 1.165) is 11.8 Å². The minimum absolute atomic E-state index is 0.121. The summed E-state index contributed by atoms with van der Waals surface area (Å²) in [6, 6.07) is 1.68. The molecule has 0 N–H and O–H groups in total. The summed E-state index contributed by atoms with van der Waals surface area (Å²) in [4.78, 5) is 10.9. The lowest BCUT2D eigenvalue weighted by Crippen LogP contribution is -2.02. The largest absolute Gasteiger partial charge is 0.468 e. The Morgan fingerprint density at radius 3 is 3.00 bits per heavy atom. The Kier molecular flexibility index (Phi) is 3.43. The van der Waals surface area contributed by atoms with E-state index in [-0.39, 0.29) is 22.8 Å². The number of methoxy groups -OCH3 is 1. The van der Waals surface area contributed by atoms with Crippen LogP contribution in [0.1, 0.15) is 5.76 Å². The molecule has 0 radical (unpaired) electrons. The van der Waals surface area contributed by atoms with Crippen molar-refractivity contribution in [2.75, 3.05) is 12.9 Å². The maximum atomic E-state index is 10.9. The Hall–Kier alpha value is -1.83. The standard InChI is InChI=1S/C9H9N3O4S/c1-5-3-6(12-16-5)8-10-11-9(15-8)17-4-7(13)14-2/h3H,4H2,1-2H3. The predicted octanol–water partition coefficient (Wildman–Crippen LogP) is 1.30. The van der Waals surface area contributed by atoms with Gasteiger partial charge >= 0.3 is 5.97 Å². The third-order valence-corrected chi connectivity index (χ3v) is 2.59. The number of carbonyl (C=O) groups excluding carboxylic acids is 1. The lowest BCUT2D eigenvalue weighted by Gasteiger charge is -1.93. The average Bonchev–Trinajstić information content (AvgIpc) is 2.94. The fourth-order valence-corrected chi connectivity index (χ4v) is 1.61. The molecule has 90 valence electrons. The molecule has 7 nitrogen and oxygen atoms in total. The second-order valence-corrected chi connectivity index (χ2v) is 3.99. The van der Waals surface area contributed by atoms with Gasteiger partial charge in [0.25, 0.3) is 11.1 Å². The molecule has 0 bridgehead atoms. The van der Waals surface area contributed by atoms with Crippen LogP contribution in [0.2, 0.25) is 0 Å². The summed E-state index contributed by atoms with van der Waals surface area (Å²) in [6.07, 6.45) is 0. The van der Waals surface area contributed by atoms with Gasteiger partial charge in [0.15, 0.2) is 5.69 Å². The van der Waals surface area contributed by atoms with E-state index < -0.39 is 0 Å². The number of hydrogen-bond acceptors (Lipinski definition) is 8. The molecule has 0 aromatic carbocycles. The van der Waals surface area contributed by atoms with Crippen molar-refractivity contribution >= 4 is 17.7 Å². The van der Waals surface area contributed by atoms with Crippen molar-refractivity contribution in [3.63, 3.8) is 0 Å². The second kappa shape index (κ2) is 5.00. The molecule has 0 saturated carbocycles. The molecule has 2 aromatic rings. The first-order valence-corrected chi connectivity index (χ1v) is 5.64. The molecular weight excluding hydrogens is 246 g/mol. The van der Waals surface area contributed by atoms with E-state index in [1.165, 1.54) is 7.11 Å². The molecule has 0 aliphatic carbocycles. The summed E-state index contributed by atoms with van der Waals surface area (Å²) >= 11 is 1.10. The Balaban J connectivity index is 2.03. The van der Waals surface area contributed by atoms with Crippen LogP contribution in [0.15, 0.2) is 20.2 Å². The van der Waals surface area contributed by atoms with E-state index >= 15 is 0 Å². The minimum Gasteiger partial charge on any atom is -0.468 e. The number of aryl methyl sites for hydroxylation is 1. The van der Waals surface area contributed by atoms with Gasteiger partial charge in [0.2, 0.25) is 0 Å². The van der Waals surface area contributed by atoms with Gasteiger partial charge in [-0.1, -0.05) is 16.9 Å². The minimum atomic E-state index is -0.355.